The van der Waals surface area contributed by atoms with Crippen molar-refractivity contribution in [1.29, 1.82) is 0 Å². The molecule has 15 unspecified atom stereocenters. The maximum atomic E-state index is 13.8. The lowest BCUT2D eigenvalue weighted by Crippen LogP contribution is -2.53. The van der Waals surface area contributed by atoms with Crippen LogP contribution in [0.2, 0.25) is 0 Å². The molecule has 0 aromatic carbocycles. The fourth-order valence-electron chi connectivity index (χ4n) is 11.3. The van der Waals surface area contributed by atoms with Gasteiger partial charge in [-0.05, 0) is 73.0 Å². The highest BCUT2D eigenvalue weighted by atomic mass is 16.4. The number of rotatable bonds is 12. The predicted molar refractivity (Wildman–Crippen MR) is 192 cm³/mol. The second-order valence-corrected chi connectivity index (χ2v) is 16.8. The zero-order chi connectivity index (χ0) is 38.2. The Balaban J connectivity index is 1.58. The van der Waals surface area contributed by atoms with E-state index in [1.165, 1.54) is 0 Å². The van der Waals surface area contributed by atoms with Gasteiger partial charge in [-0.2, -0.15) is 0 Å². The van der Waals surface area contributed by atoms with E-state index >= 15 is 0 Å². The minimum atomic E-state index is -1.66. The topological polar surface area (TPSA) is 226 Å². The highest BCUT2D eigenvalue weighted by Crippen LogP contribution is 2.46. The first-order chi connectivity index (χ1) is 24.6. The number of carbonyl (C=O) groups excluding carboxylic acids is 1. The molecular formula is C38H61N5O9. The maximum Gasteiger partial charge on any atom is 0.326 e. The van der Waals surface area contributed by atoms with E-state index in [2.05, 4.69) is 66.9 Å². The second-order valence-electron chi connectivity index (χ2n) is 16.8. The van der Waals surface area contributed by atoms with Crippen molar-refractivity contribution in [2.24, 2.45) is 53.3 Å². The summed E-state index contributed by atoms with van der Waals surface area (Å²) >= 11 is 0. The molecule has 8 bridgehead atoms. The molecule has 0 aliphatic carbocycles. The van der Waals surface area contributed by atoms with Crippen molar-refractivity contribution in [3.8, 4) is 0 Å². The van der Waals surface area contributed by atoms with E-state index in [0.717, 1.165) is 19.3 Å². The van der Waals surface area contributed by atoms with E-state index in [-0.39, 0.29) is 78.7 Å². The molecule has 5 saturated heterocycles. The first-order valence-electron chi connectivity index (χ1n) is 19.4. The van der Waals surface area contributed by atoms with Gasteiger partial charge in [0.25, 0.3) is 0 Å². The molecule has 14 heteroatoms. The van der Waals surface area contributed by atoms with Gasteiger partial charge < -0.3 is 47.0 Å². The molecule has 5 heterocycles. The van der Waals surface area contributed by atoms with Gasteiger partial charge in [-0.25, -0.2) is 4.79 Å². The number of carboxylic acid groups (broad SMARTS) is 4. The normalized spacial score (nSPS) is 43.4. The number of hydrogen-bond donors (Lipinski definition) is 9. The Hall–Kier alpha value is -3.07. The van der Waals surface area contributed by atoms with Gasteiger partial charge in [0, 0.05) is 61.2 Å². The third-order valence-electron chi connectivity index (χ3n) is 14.2. The number of nitrogens with one attached hydrogen (secondary N) is 5. The molecule has 0 spiro atoms. The molecule has 52 heavy (non-hydrogen) atoms. The van der Waals surface area contributed by atoms with Crippen LogP contribution in [0.25, 0.3) is 0 Å². The van der Waals surface area contributed by atoms with Gasteiger partial charge in [-0.15, -0.1) is 6.58 Å². The second kappa shape index (κ2) is 16.5. The summed E-state index contributed by atoms with van der Waals surface area (Å²) in [5, 5.41) is 57.4. The van der Waals surface area contributed by atoms with Gasteiger partial charge in [0.2, 0.25) is 5.91 Å². The molecule has 0 aromatic rings. The summed E-state index contributed by atoms with van der Waals surface area (Å²) in [5.74, 6) is -6.19. The molecule has 9 N–H and O–H groups in total. The van der Waals surface area contributed by atoms with Crippen LogP contribution < -0.4 is 26.6 Å². The molecule has 0 aromatic heterocycles. The number of hydrogen-bond acceptors (Lipinski definition) is 9. The van der Waals surface area contributed by atoms with Gasteiger partial charge in [0.05, 0.1) is 12.3 Å². The number of carboxylic acids is 4. The van der Waals surface area contributed by atoms with Crippen molar-refractivity contribution >= 4 is 29.8 Å². The Labute approximate surface area is 306 Å². The number of amides is 1. The SMILES string of the molecule is C=CC1C2CC3NC(CC4NC(C(CC(=O)N[C@@H](CC(=O)O)C(=O)O)C5NC(CC(N2)C1C)[C@@H](C)[C@@H]5CCC(=O)O)C(C(=O)O)C4C)C(CC)C3C. The molecule has 0 saturated carbocycles. The van der Waals surface area contributed by atoms with Crippen molar-refractivity contribution in [3.05, 3.63) is 12.7 Å². The van der Waals surface area contributed by atoms with Crippen molar-refractivity contribution in [1.82, 2.24) is 26.6 Å². The molecule has 1 amide bonds. The van der Waals surface area contributed by atoms with Crippen molar-refractivity contribution in [3.63, 3.8) is 0 Å². The maximum absolute atomic E-state index is 13.8. The highest BCUT2D eigenvalue weighted by Gasteiger charge is 2.56. The number of aliphatic carboxylic acids is 4. The van der Waals surface area contributed by atoms with Crippen molar-refractivity contribution in [2.45, 2.75) is 140 Å². The van der Waals surface area contributed by atoms with Crippen LogP contribution >= 0.6 is 0 Å². The fraction of sp³-hybridized carbons (Fsp3) is 0.816. The van der Waals surface area contributed by atoms with Crippen LogP contribution in [0.5, 0.6) is 0 Å². The Morgan fingerprint density at radius 3 is 1.87 bits per heavy atom. The molecule has 5 fully saturated rings. The van der Waals surface area contributed by atoms with Crippen molar-refractivity contribution in [2.75, 3.05) is 0 Å². The Morgan fingerprint density at radius 2 is 1.27 bits per heavy atom. The smallest absolute Gasteiger partial charge is 0.326 e. The molecule has 14 nitrogen and oxygen atoms in total. The summed E-state index contributed by atoms with van der Waals surface area (Å²) in [6.45, 7) is 15.0. The van der Waals surface area contributed by atoms with Crippen LogP contribution in [0.15, 0.2) is 12.7 Å². The Kier molecular flexibility index (Phi) is 12.7. The van der Waals surface area contributed by atoms with E-state index in [9.17, 15) is 44.4 Å². The molecule has 292 valence electrons. The molecule has 18 atom stereocenters. The largest absolute Gasteiger partial charge is 0.481 e. The van der Waals surface area contributed by atoms with E-state index < -0.39 is 66.2 Å². The number of carbonyl (C=O) groups is 5. The molecule has 0 radical (unpaired) electrons. The van der Waals surface area contributed by atoms with Gasteiger partial charge in [-0.1, -0.05) is 47.1 Å². The van der Waals surface area contributed by atoms with Crippen LogP contribution in [0, 0.1) is 53.3 Å². The van der Waals surface area contributed by atoms with Gasteiger partial charge in [0.15, 0.2) is 0 Å². The zero-order valence-electron chi connectivity index (χ0n) is 31.2. The van der Waals surface area contributed by atoms with Gasteiger partial charge in [0.1, 0.15) is 6.04 Å². The molecular weight excluding hydrogens is 670 g/mol. The van der Waals surface area contributed by atoms with E-state index in [1.54, 1.807) is 0 Å². The summed E-state index contributed by atoms with van der Waals surface area (Å²) in [6.07, 6.45) is 4.60. The van der Waals surface area contributed by atoms with Crippen LogP contribution in [-0.4, -0.2) is 105 Å². The zero-order valence-corrected chi connectivity index (χ0v) is 31.2. The minimum absolute atomic E-state index is 0.0134. The van der Waals surface area contributed by atoms with Crippen LogP contribution in [0.3, 0.4) is 0 Å². The number of fused-ring (bicyclic) bond motifs is 8. The average molecular weight is 732 g/mol. The lowest BCUT2D eigenvalue weighted by atomic mass is 9.72. The van der Waals surface area contributed by atoms with Gasteiger partial charge >= 0.3 is 23.9 Å². The third kappa shape index (κ3) is 8.19. The first kappa shape index (κ1) is 40.1. The molecule has 5 rings (SSSR count). The summed E-state index contributed by atoms with van der Waals surface area (Å²) in [5.41, 5.74) is 0. The Bertz CT molecular complexity index is 1360. The standard InChI is InChI=1S/C38H61N5O9/c1-7-20-16(3)24-12-26-18(5)22(9-10-32(45)46)35(42-26)23(11-31(44)41-30(37(49)50)15-33(47)48)36-34(38(51)52)19(6)27(43-36)14-29-21(8-2)17(4)25(40-29)13-28(20)39-24/h7,16-30,34-36,39-40,42-43H,1,8-15H2,2-6H3,(H,41,44)(H,45,46)(H,47,48)(H,49,50)(H,51,52)/t16?,17?,18-,19?,20?,21?,22-,23?,24?,25?,26?,27?,28?,29?,30-,34?,35?,36?/m0/s1. The minimum Gasteiger partial charge on any atom is -0.481 e. The van der Waals surface area contributed by atoms with Crippen LogP contribution in [0.4, 0.5) is 0 Å². The van der Waals surface area contributed by atoms with Crippen molar-refractivity contribution < 1.29 is 44.4 Å². The average Bonchev–Trinajstić information content (AvgIpc) is 3.74. The third-order valence-corrected chi connectivity index (χ3v) is 14.2. The fourth-order valence-corrected chi connectivity index (χ4v) is 11.3. The van der Waals surface area contributed by atoms with E-state index in [1.807, 2.05) is 6.92 Å². The van der Waals surface area contributed by atoms with Crippen LogP contribution in [0.1, 0.15) is 86.0 Å². The van der Waals surface area contributed by atoms with E-state index in [4.69, 9.17) is 0 Å². The predicted octanol–water partition coefficient (Wildman–Crippen LogP) is 2.14. The highest BCUT2D eigenvalue weighted by molar-refractivity contribution is 5.87. The van der Waals surface area contributed by atoms with Crippen LogP contribution in [-0.2, 0) is 24.0 Å². The van der Waals surface area contributed by atoms with E-state index in [0.29, 0.717) is 24.7 Å². The summed E-state index contributed by atoms with van der Waals surface area (Å²) in [7, 11) is 0. The lowest BCUT2D eigenvalue weighted by Gasteiger charge is -2.36. The quantitative estimate of drug-likeness (QED) is 0.131. The molecule has 5 aliphatic rings. The Morgan fingerprint density at radius 1 is 0.712 bits per heavy atom. The first-order valence-corrected chi connectivity index (χ1v) is 19.4. The summed E-state index contributed by atoms with van der Waals surface area (Å²) in [4.78, 5) is 62.2. The van der Waals surface area contributed by atoms with Gasteiger partial charge in [-0.3, -0.25) is 19.2 Å². The summed E-state index contributed by atoms with van der Waals surface area (Å²) in [6, 6.07) is -2.29. The summed E-state index contributed by atoms with van der Waals surface area (Å²) < 4.78 is 0. The monoisotopic (exact) mass is 731 g/mol. The lowest BCUT2D eigenvalue weighted by molar-refractivity contribution is -0.147. The molecule has 5 aliphatic heterocycles.